The van der Waals surface area contributed by atoms with Crippen molar-refractivity contribution in [3.8, 4) is 11.6 Å². The summed E-state index contributed by atoms with van der Waals surface area (Å²) in [5, 5.41) is 0. The number of aromatic nitrogens is 1. The highest BCUT2D eigenvalue weighted by Crippen LogP contribution is 2.25. The first-order chi connectivity index (χ1) is 8.72. The summed E-state index contributed by atoms with van der Waals surface area (Å²) < 4.78 is 23.3. The van der Waals surface area contributed by atoms with Crippen molar-refractivity contribution in [3.63, 3.8) is 0 Å². The molecule has 0 N–H and O–H groups in total. The average Bonchev–Trinajstić information content (AvgIpc) is 2.41. The van der Waals surface area contributed by atoms with E-state index in [1.807, 2.05) is 0 Å². The van der Waals surface area contributed by atoms with Gasteiger partial charge in [0.1, 0.15) is 5.56 Å². The molecule has 5 heteroatoms. The minimum atomic E-state index is -0.588. The number of methoxy groups -OCH3 is 1. The number of para-hydroxylation sites is 1. The van der Waals surface area contributed by atoms with Gasteiger partial charge in [-0.2, -0.15) is 0 Å². The molecule has 1 heterocycles. The van der Waals surface area contributed by atoms with E-state index in [0.29, 0.717) is 0 Å². The van der Waals surface area contributed by atoms with Crippen LogP contribution in [0.3, 0.4) is 0 Å². The lowest BCUT2D eigenvalue weighted by molar-refractivity contribution is 0.0597. The van der Waals surface area contributed by atoms with Gasteiger partial charge in [-0.05, 0) is 24.3 Å². The summed E-state index contributed by atoms with van der Waals surface area (Å²) >= 11 is 0. The van der Waals surface area contributed by atoms with Crippen LogP contribution in [-0.4, -0.2) is 18.1 Å². The van der Waals surface area contributed by atoms with Crippen LogP contribution in [0.15, 0.2) is 42.6 Å². The van der Waals surface area contributed by atoms with E-state index in [0.717, 1.165) is 0 Å². The van der Waals surface area contributed by atoms with Crippen molar-refractivity contribution >= 4 is 5.97 Å². The monoisotopic (exact) mass is 247 g/mol. The summed E-state index contributed by atoms with van der Waals surface area (Å²) in [5.74, 6) is -1.11. The zero-order chi connectivity index (χ0) is 13.0. The van der Waals surface area contributed by atoms with Crippen LogP contribution in [-0.2, 0) is 4.74 Å². The van der Waals surface area contributed by atoms with E-state index in [1.165, 1.54) is 31.5 Å². The first-order valence-electron chi connectivity index (χ1n) is 5.18. The maximum atomic E-state index is 13.4. The molecule has 0 aliphatic carbocycles. The second-order valence-corrected chi connectivity index (χ2v) is 3.38. The number of ether oxygens (including phenoxy) is 2. The van der Waals surface area contributed by atoms with Crippen molar-refractivity contribution in [2.45, 2.75) is 0 Å². The lowest BCUT2D eigenvalue weighted by atomic mass is 10.2. The fraction of sp³-hybridized carbons (Fsp3) is 0.0769. The van der Waals surface area contributed by atoms with Crippen molar-refractivity contribution in [2.75, 3.05) is 7.11 Å². The van der Waals surface area contributed by atoms with Gasteiger partial charge in [0.2, 0.25) is 5.88 Å². The van der Waals surface area contributed by atoms with Crippen LogP contribution >= 0.6 is 0 Å². The van der Waals surface area contributed by atoms with E-state index < -0.39 is 11.8 Å². The Morgan fingerprint density at radius 2 is 2.00 bits per heavy atom. The number of rotatable bonds is 3. The van der Waals surface area contributed by atoms with Gasteiger partial charge in [0.05, 0.1) is 7.11 Å². The maximum Gasteiger partial charge on any atom is 0.343 e. The van der Waals surface area contributed by atoms with Crippen LogP contribution in [0.25, 0.3) is 0 Å². The van der Waals surface area contributed by atoms with Gasteiger partial charge >= 0.3 is 5.97 Å². The Labute approximate surface area is 103 Å². The Kier molecular flexibility index (Phi) is 3.52. The predicted molar refractivity (Wildman–Crippen MR) is 62.1 cm³/mol. The molecule has 92 valence electrons. The average molecular weight is 247 g/mol. The van der Waals surface area contributed by atoms with Crippen LogP contribution in [0, 0.1) is 5.82 Å². The van der Waals surface area contributed by atoms with Crippen molar-refractivity contribution in [2.24, 2.45) is 0 Å². The topological polar surface area (TPSA) is 48.4 Å². The molecule has 0 aliphatic heterocycles. The van der Waals surface area contributed by atoms with Crippen LogP contribution in [0.5, 0.6) is 11.6 Å². The summed E-state index contributed by atoms with van der Waals surface area (Å²) in [6, 6.07) is 8.94. The number of carbonyl (C=O) groups excluding carboxylic acids is 1. The second kappa shape index (κ2) is 5.27. The van der Waals surface area contributed by atoms with Crippen molar-refractivity contribution < 1.29 is 18.7 Å². The van der Waals surface area contributed by atoms with Crippen molar-refractivity contribution in [3.05, 3.63) is 54.0 Å². The fourth-order valence-corrected chi connectivity index (χ4v) is 1.37. The number of carbonyl (C=O) groups is 1. The highest BCUT2D eigenvalue weighted by Gasteiger charge is 2.15. The Hall–Kier alpha value is -2.43. The third-order valence-electron chi connectivity index (χ3n) is 2.22. The summed E-state index contributed by atoms with van der Waals surface area (Å²) in [7, 11) is 1.25. The zero-order valence-corrected chi connectivity index (χ0v) is 9.59. The molecule has 0 fully saturated rings. The van der Waals surface area contributed by atoms with E-state index in [-0.39, 0.29) is 17.2 Å². The zero-order valence-electron chi connectivity index (χ0n) is 9.59. The molecule has 18 heavy (non-hydrogen) atoms. The molecule has 2 rings (SSSR count). The maximum absolute atomic E-state index is 13.4. The molecule has 1 aromatic carbocycles. The smallest absolute Gasteiger partial charge is 0.343 e. The Balaban J connectivity index is 2.35. The van der Waals surface area contributed by atoms with Gasteiger partial charge in [0, 0.05) is 6.20 Å². The minimum Gasteiger partial charge on any atom is -0.465 e. The van der Waals surface area contributed by atoms with Gasteiger partial charge in [-0.3, -0.25) is 0 Å². The van der Waals surface area contributed by atoms with Crippen molar-refractivity contribution in [1.82, 2.24) is 4.98 Å². The van der Waals surface area contributed by atoms with Crippen LogP contribution in [0.4, 0.5) is 4.39 Å². The predicted octanol–water partition coefficient (Wildman–Crippen LogP) is 2.80. The normalized spacial score (nSPS) is 9.89. The van der Waals surface area contributed by atoms with Crippen LogP contribution < -0.4 is 4.74 Å². The van der Waals surface area contributed by atoms with Crippen LogP contribution in [0.1, 0.15) is 10.4 Å². The third kappa shape index (κ3) is 2.45. The fourth-order valence-electron chi connectivity index (χ4n) is 1.37. The number of benzene rings is 1. The highest BCUT2D eigenvalue weighted by atomic mass is 19.1. The van der Waals surface area contributed by atoms with Gasteiger partial charge < -0.3 is 9.47 Å². The second-order valence-electron chi connectivity index (χ2n) is 3.38. The molecule has 0 amide bonds. The largest absolute Gasteiger partial charge is 0.465 e. The molecule has 0 saturated heterocycles. The molecule has 0 radical (unpaired) electrons. The number of halogens is 1. The summed E-state index contributed by atoms with van der Waals surface area (Å²) in [4.78, 5) is 15.4. The number of hydrogen-bond donors (Lipinski definition) is 0. The molecule has 4 nitrogen and oxygen atoms in total. The van der Waals surface area contributed by atoms with E-state index in [2.05, 4.69) is 9.72 Å². The molecule has 0 aliphatic rings. The van der Waals surface area contributed by atoms with Gasteiger partial charge in [0.15, 0.2) is 11.6 Å². The SMILES string of the molecule is COC(=O)c1cccnc1Oc1ccccc1F. The van der Waals surface area contributed by atoms with Gasteiger partial charge in [0.25, 0.3) is 0 Å². The first kappa shape index (κ1) is 12.0. The minimum absolute atomic E-state index is 0.00125. The van der Waals surface area contributed by atoms with Gasteiger partial charge in [-0.25, -0.2) is 14.2 Å². The number of nitrogens with zero attached hydrogens (tertiary/aromatic N) is 1. The highest BCUT2D eigenvalue weighted by molar-refractivity contribution is 5.91. The molecule has 0 bridgehead atoms. The number of pyridine rings is 1. The molecule has 1 aromatic heterocycles. The van der Waals surface area contributed by atoms with E-state index in [4.69, 9.17) is 4.74 Å². The molecular formula is C13H10FNO3. The van der Waals surface area contributed by atoms with Crippen molar-refractivity contribution in [1.29, 1.82) is 0 Å². The van der Waals surface area contributed by atoms with E-state index in [1.54, 1.807) is 18.2 Å². The Morgan fingerprint density at radius 1 is 1.22 bits per heavy atom. The Bertz CT molecular complexity index is 572. The number of hydrogen-bond acceptors (Lipinski definition) is 4. The number of esters is 1. The third-order valence-corrected chi connectivity index (χ3v) is 2.22. The summed E-state index contributed by atoms with van der Waals surface area (Å²) in [6.07, 6.45) is 1.45. The van der Waals surface area contributed by atoms with Crippen LogP contribution in [0.2, 0.25) is 0 Å². The molecule has 0 spiro atoms. The quantitative estimate of drug-likeness (QED) is 0.782. The van der Waals surface area contributed by atoms with E-state index >= 15 is 0 Å². The molecule has 0 saturated carbocycles. The standard InChI is InChI=1S/C13H10FNO3/c1-17-13(16)9-5-4-8-15-12(9)18-11-7-3-2-6-10(11)14/h2-8H,1H3. The Morgan fingerprint density at radius 3 is 2.72 bits per heavy atom. The molecule has 0 atom stereocenters. The molecule has 2 aromatic rings. The first-order valence-corrected chi connectivity index (χ1v) is 5.18. The van der Waals surface area contributed by atoms with Gasteiger partial charge in [-0.1, -0.05) is 12.1 Å². The molecule has 0 unspecified atom stereocenters. The lowest BCUT2D eigenvalue weighted by Gasteiger charge is -2.08. The van der Waals surface area contributed by atoms with Gasteiger partial charge in [-0.15, -0.1) is 0 Å². The molecular weight excluding hydrogens is 237 g/mol. The lowest BCUT2D eigenvalue weighted by Crippen LogP contribution is -2.05. The summed E-state index contributed by atoms with van der Waals surface area (Å²) in [6.45, 7) is 0. The summed E-state index contributed by atoms with van der Waals surface area (Å²) in [5.41, 5.74) is 0.142. The van der Waals surface area contributed by atoms with E-state index in [9.17, 15) is 9.18 Å².